The number of nitrogens with one attached hydrogen (secondary N) is 1. The zero-order valence-corrected chi connectivity index (χ0v) is 9.78. The Hall–Kier alpha value is -1.55. The van der Waals surface area contributed by atoms with E-state index in [1.165, 1.54) is 0 Å². The van der Waals surface area contributed by atoms with Crippen LogP contribution >= 0.6 is 0 Å². The standard InChI is InChI=1S/C12H17NO3/c1-8-6-10(4-5-11(8)16-3)7-13-9(2)12(14)15/h4-6,9,13H,7H2,1-3H3,(H,14,15). The summed E-state index contributed by atoms with van der Waals surface area (Å²) in [5, 5.41) is 11.6. The minimum atomic E-state index is -0.842. The lowest BCUT2D eigenvalue weighted by Gasteiger charge is -2.11. The molecular formula is C12H17NO3. The second-order valence-electron chi connectivity index (χ2n) is 3.74. The Morgan fingerprint density at radius 2 is 2.25 bits per heavy atom. The summed E-state index contributed by atoms with van der Waals surface area (Å²) in [6.45, 7) is 4.12. The smallest absolute Gasteiger partial charge is 0.320 e. The first-order valence-corrected chi connectivity index (χ1v) is 5.14. The van der Waals surface area contributed by atoms with Gasteiger partial charge in [-0.3, -0.25) is 4.79 Å². The number of benzene rings is 1. The zero-order chi connectivity index (χ0) is 12.1. The summed E-state index contributed by atoms with van der Waals surface area (Å²) >= 11 is 0. The first-order chi connectivity index (χ1) is 7.54. The summed E-state index contributed by atoms with van der Waals surface area (Å²) in [5.74, 6) is 0.000247. The van der Waals surface area contributed by atoms with Crippen molar-refractivity contribution in [2.45, 2.75) is 26.4 Å². The monoisotopic (exact) mass is 223 g/mol. The Kier molecular flexibility index (Phi) is 4.31. The number of rotatable bonds is 5. The van der Waals surface area contributed by atoms with Gasteiger partial charge in [-0.25, -0.2) is 0 Å². The highest BCUT2D eigenvalue weighted by Gasteiger charge is 2.09. The van der Waals surface area contributed by atoms with E-state index >= 15 is 0 Å². The number of hydrogen-bond acceptors (Lipinski definition) is 3. The van der Waals surface area contributed by atoms with E-state index in [1.54, 1.807) is 14.0 Å². The number of ether oxygens (including phenoxy) is 1. The Morgan fingerprint density at radius 3 is 2.75 bits per heavy atom. The molecule has 4 heteroatoms. The first-order valence-electron chi connectivity index (χ1n) is 5.14. The van der Waals surface area contributed by atoms with Gasteiger partial charge in [0.1, 0.15) is 11.8 Å². The molecule has 0 amide bonds. The molecular weight excluding hydrogens is 206 g/mol. The summed E-state index contributed by atoms with van der Waals surface area (Å²) < 4.78 is 5.15. The molecule has 4 nitrogen and oxygen atoms in total. The highest BCUT2D eigenvalue weighted by atomic mass is 16.5. The van der Waals surface area contributed by atoms with E-state index in [1.807, 2.05) is 25.1 Å². The normalized spacial score (nSPS) is 12.2. The molecule has 1 aromatic rings. The van der Waals surface area contributed by atoms with Crippen LogP contribution in [0.3, 0.4) is 0 Å². The van der Waals surface area contributed by atoms with Crippen LogP contribution in [0.25, 0.3) is 0 Å². The van der Waals surface area contributed by atoms with Crippen LogP contribution in [0.1, 0.15) is 18.1 Å². The lowest BCUT2D eigenvalue weighted by atomic mass is 10.1. The third-order valence-corrected chi connectivity index (χ3v) is 2.44. The van der Waals surface area contributed by atoms with Crippen LogP contribution in [0.4, 0.5) is 0 Å². The fraction of sp³-hybridized carbons (Fsp3) is 0.417. The molecule has 16 heavy (non-hydrogen) atoms. The molecule has 1 unspecified atom stereocenters. The molecule has 0 fully saturated rings. The van der Waals surface area contributed by atoms with Gasteiger partial charge >= 0.3 is 5.97 Å². The van der Waals surface area contributed by atoms with Gasteiger partial charge in [0.25, 0.3) is 0 Å². The van der Waals surface area contributed by atoms with Gasteiger partial charge in [0.2, 0.25) is 0 Å². The van der Waals surface area contributed by atoms with Crippen molar-refractivity contribution in [1.82, 2.24) is 5.32 Å². The van der Waals surface area contributed by atoms with Gasteiger partial charge in [-0.2, -0.15) is 0 Å². The topological polar surface area (TPSA) is 58.6 Å². The first kappa shape index (κ1) is 12.5. The maximum atomic E-state index is 10.6. The van der Waals surface area contributed by atoms with Crippen molar-refractivity contribution in [3.63, 3.8) is 0 Å². The van der Waals surface area contributed by atoms with Crippen LogP contribution < -0.4 is 10.1 Å². The third-order valence-electron chi connectivity index (χ3n) is 2.44. The van der Waals surface area contributed by atoms with Crippen molar-refractivity contribution in [2.24, 2.45) is 0 Å². The van der Waals surface area contributed by atoms with Gasteiger partial charge in [0.05, 0.1) is 7.11 Å². The van der Waals surface area contributed by atoms with E-state index in [-0.39, 0.29) is 0 Å². The Bertz CT molecular complexity index is 377. The highest BCUT2D eigenvalue weighted by molar-refractivity contribution is 5.72. The van der Waals surface area contributed by atoms with Crippen LogP contribution in [0, 0.1) is 6.92 Å². The summed E-state index contributed by atoms with van der Waals surface area (Å²) in [5.41, 5.74) is 2.09. The van der Waals surface area contributed by atoms with Crippen LogP contribution in [-0.2, 0) is 11.3 Å². The van der Waals surface area contributed by atoms with Crippen LogP contribution in [-0.4, -0.2) is 24.2 Å². The molecule has 0 aliphatic carbocycles. The quantitative estimate of drug-likeness (QED) is 0.795. The number of aliphatic carboxylic acids is 1. The maximum absolute atomic E-state index is 10.6. The van der Waals surface area contributed by atoms with Crippen LogP contribution in [0.2, 0.25) is 0 Å². The molecule has 0 aliphatic rings. The summed E-state index contributed by atoms with van der Waals surface area (Å²) in [6.07, 6.45) is 0. The number of methoxy groups -OCH3 is 1. The number of carboxylic acids is 1. The van der Waals surface area contributed by atoms with Crippen molar-refractivity contribution in [1.29, 1.82) is 0 Å². The second kappa shape index (κ2) is 5.51. The van der Waals surface area contributed by atoms with E-state index in [2.05, 4.69) is 5.32 Å². The minimum Gasteiger partial charge on any atom is -0.496 e. The Balaban J connectivity index is 2.62. The number of hydrogen-bond donors (Lipinski definition) is 2. The van der Waals surface area contributed by atoms with Gasteiger partial charge in [0, 0.05) is 6.54 Å². The molecule has 0 spiro atoms. The van der Waals surface area contributed by atoms with Crippen molar-refractivity contribution >= 4 is 5.97 Å². The molecule has 1 rings (SSSR count). The molecule has 0 saturated carbocycles. The van der Waals surface area contributed by atoms with E-state index in [4.69, 9.17) is 9.84 Å². The SMILES string of the molecule is COc1ccc(CNC(C)C(=O)O)cc1C. The molecule has 1 aromatic carbocycles. The summed E-state index contributed by atoms with van der Waals surface area (Å²) in [4.78, 5) is 10.6. The molecule has 88 valence electrons. The molecule has 0 aliphatic heterocycles. The van der Waals surface area contributed by atoms with Crippen molar-refractivity contribution in [2.75, 3.05) is 7.11 Å². The van der Waals surface area contributed by atoms with Crippen LogP contribution in [0.15, 0.2) is 18.2 Å². The minimum absolute atomic E-state index is 0.539. The lowest BCUT2D eigenvalue weighted by Crippen LogP contribution is -2.33. The van der Waals surface area contributed by atoms with E-state index in [9.17, 15) is 4.79 Å². The Morgan fingerprint density at radius 1 is 1.56 bits per heavy atom. The number of carbonyl (C=O) groups is 1. The predicted molar refractivity (Wildman–Crippen MR) is 61.7 cm³/mol. The third kappa shape index (κ3) is 3.24. The van der Waals surface area contributed by atoms with Crippen molar-refractivity contribution in [3.05, 3.63) is 29.3 Å². The average molecular weight is 223 g/mol. The number of carboxylic acid groups (broad SMARTS) is 1. The predicted octanol–water partition coefficient (Wildman–Crippen LogP) is 1.57. The van der Waals surface area contributed by atoms with Gasteiger partial charge < -0.3 is 15.2 Å². The zero-order valence-electron chi connectivity index (χ0n) is 9.78. The largest absolute Gasteiger partial charge is 0.496 e. The molecule has 0 bridgehead atoms. The molecule has 0 aromatic heterocycles. The highest BCUT2D eigenvalue weighted by Crippen LogP contribution is 2.18. The fourth-order valence-electron chi connectivity index (χ4n) is 1.41. The van der Waals surface area contributed by atoms with E-state index in [0.717, 1.165) is 16.9 Å². The fourth-order valence-corrected chi connectivity index (χ4v) is 1.41. The van der Waals surface area contributed by atoms with E-state index in [0.29, 0.717) is 6.54 Å². The van der Waals surface area contributed by atoms with Gasteiger partial charge in [-0.05, 0) is 31.0 Å². The molecule has 2 N–H and O–H groups in total. The molecule has 0 heterocycles. The van der Waals surface area contributed by atoms with Gasteiger partial charge in [0.15, 0.2) is 0 Å². The van der Waals surface area contributed by atoms with E-state index < -0.39 is 12.0 Å². The van der Waals surface area contributed by atoms with Gasteiger partial charge in [-0.15, -0.1) is 0 Å². The maximum Gasteiger partial charge on any atom is 0.320 e. The summed E-state index contributed by atoms with van der Waals surface area (Å²) in [6, 6.07) is 5.26. The molecule has 0 saturated heterocycles. The lowest BCUT2D eigenvalue weighted by molar-refractivity contribution is -0.139. The van der Waals surface area contributed by atoms with Crippen molar-refractivity contribution in [3.8, 4) is 5.75 Å². The second-order valence-corrected chi connectivity index (χ2v) is 3.74. The average Bonchev–Trinajstić information content (AvgIpc) is 2.25. The number of aryl methyl sites for hydroxylation is 1. The van der Waals surface area contributed by atoms with Crippen molar-refractivity contribution < 1.29 is 14.6 Å². The van der Waals surface area contributed by atoms with Gasteiger partial charge in [-0.1, -0.05) is 12.1 Å². The van der Waals surface area contributed by atoms with Crippen LogP contribution in [0.5, 0.6) is 5.75 Å². The molecule has 1 atom stereocenters. The Labute approximate surface area is 95.2 Å². The molecule has 0 radical (unpaired) electrons. The summed E-state index contributed by atoms with van der Waals surface area (Å²) in [7, 11) is 1.63.